The first-order chi connectivity index (χ1) is 33.0. The molecule has 0 saturated heterocycles. The van der Waals surface area contributed by atoms with E-state index in [1.807, 2.05) is 0 Å². The molecule has 0 aromatic rings. The van der Waals surface area contributed by atoms with Crippen LogP contribution in [0, 0.1) is 0 Å². The summed E-state index contributed by atoms with van der Waals surface area (Å²) in [5.41, 5.74) is 0. The molecule has 0 bridgehead atoms. The monoisotopic (exact) mass is 937 g/mol. The topological polar surface area (TPSA) is 78.9 Å². The van der Waals surface area contributed by atoms with Crippen LogP contribution >= 0.6 is 0 Å². The molecule has 0 rings (SSSR count). The second-order valence-corrected chi connectivity index (χ2v) is 19.2. The fraction of sp³-hybridized carbons (Fsp3) is 0.787. The summed E-state index contributed by atoms with van der Waals surface area (Å²) in [5.74, 6) is -0.915. The van der Waals surface area contributed by atoms with E-state index in [4.69, 9.17) is 14.2 Å². The third-order valence-corrected chi connectivity index (χ3v) is 12.5. The zero-order valence-corrected chi connectivity index (χ0v) is 44.4. The van der Waals surface area contributed by atoms with E-state index in [0.29, 0.717) is 19.3 Å². The Morgan fingerprint density at radius 3 is 0.940 bits per heavy atom. The zero-order chi connectivity index (χ0) is 48.6. The Morgan fingerprint density at radius 1 is 0.313 bits per heavy atom. The van der Waals surface area contributed by atoms with E-state index in [0.717, 1.165) is 96.3 Å². The summed E-state index contributed by atoms with van der Waals surface area (Å²) in [6.45, 7) is 6.52. The van der Waals surface area contributed by atoms with Crippen molar-refractivity contribution in [2.75, 3.05) is 13.2 Å². The summed E-state index contributed by atoms with van der Waals surface area (Å²) in [6.07, 6.45) is 69.2. The van der Waals surface area contributed by atoms with Crippen LogP contribution in [0.3, 0.4) is 0 Å². The number of carbonyl (C=O) groups excluding carboxylic acids is 3. The highest BCUT2D eigenvalue weighted by atomic mass is 16.6. The van der Waals surface area contributed by atoms with Gasteiger partial charge in [0, 0.05) is 19.3 Å². The van der Waals surface area contributed by atoms with Gasteiger partial charge in [-0.25, -0.2) is 0 Å². The van der Waals surface area contributed by atoms with Crippen LogP contribution in [-0.4, -0.2) is 37.2 Å². The highest BCUT2D eigenvalue weighted by Crippen LogP contribution is 2.16. The molecule has 0 aromatic heterocycles. The first kappa shape index (κ1) is 64.1. The maximum absolute atomic E-state index is 12.8. The third kappa shape index (κ3) is 53.9. The molecule has 0 heterocycles. The number of rotatable bonds is 52. The highest BCUT2D eigenvalue weighted by Gasteiger charge is 2.19. The van der Waals surface area contributed by atoms with Gasteiger partial charge in [0.25, 0.3) is 0 Å². The van der Waals surface area contributed by atoms with Crippen molar-refractivity contribution < 1.29 is 28.6 Å². The van der Waals surface area contributed by atoms with Crippen molar-refractivity contribution in [3.63, 3.8) is 0 Å². The summed E-state index contributed by atoms with van der Waals surface area (Å²) < 4.78 is 16.8. The molecule has 67 heavy (non-hydrogen) atoms. The Morgan fingerprint density at radius 2 is 0.582 bits per heavy atom. The molecule has 0 spiro atoms. The second-order valence-electron chi connectivity index (χ2n) is 19.2. The zero-order valence-electron chi connectivity index (χ0n) is 44.4. The largest absolute Gasteiger partial charge is 0.462 e. The van der Waals surface area contributed by atoms with Gasteiger partial charge in [0.2, 0.25) is 0 Å². The summed E-state index contributed by atoms with van der Waals surface area (Å²) in [4.78, 5) is 38.1. The minimum absolute atomic E-state index is 0.0872. The average molecular weight is 938 g/mol. The van der Waals surface area contributed by atoms with Gasteiger partial charge in [0.05, 0.1) is 0 Å². The molecule has 6 heteroatoms. The number of esters is 3. The molecule has 388 valence electrons. The normalized spacial score (nSPS) is 12.5. The molecular weight excluding hydrogens is 829 g/mol. The smallest absolute Gasteiger partial charge is 0.306 e. The lowest BCUT2D eigenvalue weighted by Gasteiger charge is -2.18. The Balaban J connectivity index is 4.41. The van der Waals surface area contributed by atoms with Gasteiger partial charge >= 0.3 is 17.9 Å². The van der Waals surface area contributed by atoms with Gasteiger partial charge in [-0.15, -0.1) is 0 Å². The van der Waals surface area contributed by atoms with E-state index in [1.54, 1.807) is 0 Å². The summed E-state index contributed by atoms with van der Waals surface area (Å²) in [6, 6.07) is 0. The number of allylic oxidation sites excluding steroid dienone is 10. The summed E-state index contributed by atoms with van der Waals surface area (Å²) in [5, 5.41) is 0. The van der Waals surface area contributed by atoms with Crippen molar-refractivity contribution in [1.29, 1.82) is 0 Å². The quantitative estimate of drug-likeness (QED) is 0.0262. The van der Waals surface area contributed by atoms with Crippen LogP contribution in [0.5, 0.6) is 0 Å². The lowest BCUT2D eigenvalue weighted by molar-refractivity contribution is -0.167. The highest BCUT2D eigenvalue weighted by molar-refractivity contribution is 5.71. The predicted octanol–water partition coefficient (Wildman–Crippen LogP) is 19.2. The van der Waals surface area contributed by atoms with Crippen LogP contribution in [0.4, 0.5) is 0 Å². The fourth-order valence-corrected chi connectivity index (χ4v) is 8.19. The van der Waals surface area contributed by atoms with Crippen molar-refractivity contribution in [3.8, 4) is 0 Å². The molecule has 1 unspecified atom stereocenters. The SMILES string of the molecule is CC/C=C\C/C=C\C/C=C\C/C=C\CCCCCC(=O)OC(COC(=O)CCCCCCC/C=C\CCCCCCCCC)COC(=O)CCCCCCCCCCCCCCCCCCC. The second kappa shape index (κ2) is 55.7. The number of unbranched alkanes of at least 4 members (excludes halogenated alkanes) is 31. The maximum Gasteiger partial charge on any atom is 0.306 e. The third-order valence-electron chi connectivity index (χ3n) is 12.5. The van der Waals surface area contributed by atoms with E-state index in [9.17, 15) is 14.4 Å². The minimum Gasteiger partial charge on any atom is -0.462 e. The van der Waals surface area contributed by atoms with Crippen molar-refractivity contribution in [2.24, 2.45) is 0 Å². The standard InChI is InChI=1S/C61H108O6/c1-4-7-10-13-16-19-22-25-28-31-34-36-39-42-45-48-51-54-60(63)66-57-58(67-61(64)55-52-49-46-43-40-37-33-30-27-24-21-18-15-12-9-6-3)56-65-59(62)53-50-47-44-41-38-35-32-29-26-23-20-17-14-11-8-5-2/h9,12,18,21,27,29-30,32,37,40,58H,4-8,10-11,13-17,19-20,22-26,28,31,33-36,38-39,41-57H2,1-3H3/b12-9-,21-18-,30-27-,32-29-,40-37-. The van der Waals surface area contributed by atoms with Crippen molar-refractivity contribution >= 4 is 17.9 Å². The number of hydrogen-bond donors (Lipinski definition) is 0. The van der Waals surface area contributed by atoms with Gasteiger partial charge in [0.15, 0.2) is 6.10 Å². The molecule has 0 fully saturated rings. The van der Waals surface area contributed by atoms with Gasteiger partial charge in [-0.1, -0.05) is 248 Å². The molecule has 0 aliphatic heterocycles. The molecule has 0 aliphatic rings. The van der Waals surface area contributed by atoms with Crippen LogP contribution < -0.4 is 0 Å². The Labute approximate surface area is 415 Å². The predicted molar refractivity (Wildman–Crippen MR) is 288 cm³/mol. The van der Waals surface area contributed by atoms with Crippen LogP contribution in [0.25, 0.3) is 0 Å². The fourth-order valence-electron chi connectivity index (χ4n) is 8.19. The molecule has 0 amide bonds. The van der Waals surface area contributed by atoms with E-state index in [2.05, 4.69) is 81.5 Å². The lowest BCUT2D eigenvalue weighted by atomic mass is 10.0. The first-order valence-corrected chi connectivity index (χ1v) is 28.8. The number of hydrogen-bond acceptors (Lipinski definition) is 6. The number of carbonyl (C=O) groups is 3. The van der Waals surface area contributed by atoms with Crippen LogP contribution in [0.1, 0.15) is 290 Å². The lowest BCUT2D eigenvalue weighted by Crippen LogP contribution is -2.30. The number of ether oxygens (including phenoxy) is 3. The molecule has 0 radical (unpaired) electrons. The van der Waals surface area contributed by atoms with Gasteiger partial charge in [-0.3, -0.25) is 14.4 Å². The molecule has 6 nitrogen and oxygen atoms in total. The Bertz CT molecular complexity index is 1210. The first-order valence-electron chi connectivity index (χ1n) is 28.8. The van der Waals surface area contributed by atoms with Crippen LogP contribution in [-0.2, 0) is 28.6 Å². The summed E-state index contributed by atoms with van der Waals surface area (Å²) in [7, 11) is 0. The summed E-state index contributed by atoms with van der Waals surface area (Å²) >= 11 is 0. The van der Waals surface area contributed by atoms with Crippen LogP contribution in [0.15, 0.2) is 60.8 Å². The molecule has 0 saturated carbocycles. The Kier molecular flexibility index (Phi) is 53.3. The van der Waals surface area contributed by atoms with E-state index < -0.39 is 6.10 Å². The van der Waals surface area contributed by atoms with Gasteiger partial charge < -0.3 is 14.2 Å². The van der Waals surface area contributed by atoms with Crippen molar-refractivity contribution in [3.05, 3.63) is 60.8 Å². The van der Waals surface area contributed by atoms with E-state index >= 15 is 0 Å². The molecule has 0 aliphatic carbocycles. The van der Waals surface area contributed by atoms with E-state index in [-0.39, 0.29) is 31.1 Å². The van der Waals surface area contributed by atoms with Crippen LogP contribution in [0.2, 0.25) is 0 Å². The minimum atomic E-state index is -0.792. The molecular formula is C61H108O6. The molecule has 1 atom stereocenters. The van der Waals surface area contributed by atoms with Crippen molar-refractivity contribution in [2.45, 2.75) is 297 Å². The van der Waals surface area contributed by atoms with Gasteiger partial charge in [-0.05, 0) is 83.5 Å². The average Bonchev–Trinajstić information content (AvgIpc) is 3.33. The Hall–Kier alpha value is -2.89. The van der Waals surface area contributed by atoms with Gasteiger partial charge in [-0.2, -0.15) is 0 Å². The van der Waals surface area contributed by atoms with Crippen molar-refractivity contribution in [1.82, 2.24) is 0 Å². The van der Waals surface area contributed by atoms with Gasteiger partial charge in [0.1, 0.15) is 13.2 Å². The molecule has 0 N–H and O–H groups in total. The molecule has 0 aromatic carbocycles. The van der Waals surface area contributed by atoms with E-state index in [1.165, 1.54) is 154 Å². The maximum atomic E-state index is 12.8.